The lowest BCUT2D eigenvalue weighted by Gasteiger charge is -2.04. The van der Waals surface area contributed by atoms with Gasteiger partial charge in [-0.25, -0.2) is 4.98 Å². The molecule has 0 saturated heterocycles. The molecular formula is C15H11N9O. The molecule has 0 aliphatic heterocycles. The van der Waals surface area contributed by atoms with Crippen molar-refractivity contribution < 1.29 is 0 Å². The zero-order valence-corrected chi connectivity index (χ0v) is 13.0. The molecule has 25 heavy (non-hydrogen) atoms. The second-order valence-electron chi connectivity index (χ2n) is 5.31. The summed E-state index contributed by atoms with van der Waals surface area (Å²) in [5.41, 5.74) is 10.5. The Morgan fingerprint density at radius 2 is 2.16 bits per heavy atom. The molecule has 0 saturated carbocycles. The Hall–Kier alpha value is -4.00. The van der Waals surface area contributed by atoms with Crippen LogP contribution in [-0.4, -0.2) is 29.7 Å². The summed E-state index contributed by atoms with van der Waals surface area (Å²) in [6.45, 7) is 1.69. The molecule has 0 spiro atoms. The molecule has 4 rings (SSSR count). The summed E-state index contributed by atoms with van der Waals surface area (Å²) in [6.07, 6.45) is 1.42. The lowest BCUT2D eigenvalue weighted by molar-refractivity contribution is 0.748. The second-order valence-corrected chi connectivity index (χ2v) is 5.31. The number of aromatic nitrogens is 6. The second kappa shape index (κ2) is 5.27. The van der Waals surface area contributed by atoms with Crippen molar-refractivity contribution in [2.24, 2.45) is 0 Å². The van der Waals surface area contributed by atoms with Crippen LogP contribution in [0.5, 0.6) is 0 Å². The van der Waals surface area contributed by atoms with Crippen LogP contribution < -0.4 is 21.9 Å². The van der Waals surface area contributed by atoms with Crippen LogP contribution in [0.25, 0.3) is 22.9 Å². The number of rotatable bonds is 2. The number of benzene rings is 1. The first-order valence-corrected chi connectivity index (χ1v) is 7.26. The van der Waals surface area contributed by atoms with Crippen LogP contribution in [0.1, 0.15) is 11.1 Å². The number of imidazole rings is 1. The van der Waals surface area contributed by atoms with E-state index in [1.807, 2.05) is 12.1 Å². The molecule has 10 nitrogen and oxygen atoms in total. The van der Waals surface area contributed by atoms with E-state index in [9.17, 15) is 10.1 Å². The maximum Gasteiger partial charge on any atom is 0.265 e. The van der Waals surface area contributed by atoms with E-state index in [2.05, 4.69) is 32.0 Å². The predicted octanol–water partition coefficient (Wildman–Crippen LogP) is -0.703. The fraction of sp³-hybridized carbons (Fsp3) is 0.0667. The van der Waals surface area contributed by atoms with Crippen molar-refractivity contribution in [3.8, 4) is 6.07 Å². The molecule has 0 unspecified atom stereocenters. The van der Waals surface area contributed by atoms with Gasteiger partial charge in [-0.05, 0) is 35.0 Å². The summed E-state index contributed by atoms with van der Waals surface area (Å²) in [7, 11) is 0. The van der Waals surface area contributed by atoms with Gasteiger partial charge in [0.25, 0.3) is 11.5 Å². The van der Waals surface area contributed by atoms with Crippen molar-refractivity contribution in [2.45, 2.75) is 6.92 Å². The van der Waals surface area contributed by atoms with E-state index in [1.54, 1.807) is 19.1 Å². The molecule has 3 heterocycles. The van der Waals surface area contributed by atoms with Crippen LogP contribution in [0.2, 0.25) is 0 Å². The highest BCUT2D eigenvalue weighted by atomic mass is 16.1. The SMILES string of the molecule is Cc1c(C#N)c2nc3ccccc3n2c(=O)c1=CNn1nnnc1N. The topological polar surface area (TPSA) is 140 Å². The van der Waals surface area contributed by atoms with E-state index < -0.39 is 0 Å². The van der Waals surface area contributed by atoms with Gasteiger partial charge in [-0.15, -0.1) is 4.79 Å². The molecule has 0 fully saturated rings. The summed E-state index contributed by atoms with van der Waals surface area (Å²) in [6, 6.07) is 9.34. The zero-order chi connectivity index (χ0) is 17.6. The Kier molecular flexibility index (Phi) is 3.08. The predicted molar refractivity (Wildman–Crippen MR) is 89.7 cm³/mol. The number of nitrogens with zero attached hydrogens (tertiary/aromatic N) is 7. The molecule has 0 bridgehead atoms. The van der Waals surface area contributed by atoms with E-state index in [-0.39, 0.29) is 11.5 Å². The Labute approximate surface area is 139 Å². The molecule has 0 atom stereocenters. The van der Waals surface area contributed by atoms with E-state index in [4.69, 9.17) is 5.73 Å². The molecule has 4 aromatic rings. The number of fused-ring (bicyclic) bond motifs is 3. The van der Waals surface area contributed by atoms with Crippen LogP contribution in [0.15, 0.2) is 29.1 Å². The molecule has 0 aliphatic carbocycles. The van der Waals surface area contributed by atoms with Crippen molar-refractivity contribution >= 4 is 28.8 Å². The Morgan fingerprint density at radius 3 is 2.88 bits per heavy atom. The number of pyridine rings is 1. The highest BCUT2D eigenvalue weighted by Gasteiger charge is 2.15. The van der Waals surface area contributed by atoms with Gasteiger partial charge in [-0.2, -0.15) is 5.26 Å². The van der Waals surface area contributed by atoms with Gasteiger partial charge >= 0.3 is 0 Å². The van der Waals surface area contributed by atoms with Crippen LogP contribution in [0.4, 0.5) is 5.95 Å². The van der Waals surface area contributed by atoms with Crippen molar-refractivity contribution in [3.63, 3.8) is 0 Å². The minimum atomic E-state index is -0.306. The number of tetrazole rings is 1. The number of nitrogens with one attached hydrogen (secondary N) is 1. The maximum atomic E-state index is 13.0. The smallest absolute Gasteiger partial charge is 0.265 e. The van der Waals surface area contributed by atoms with Gasteiger partial charge in [-0.3, -0.25) is 14.6 Å². The Morgan fingerprint density at radius 1 is 1.36 bits per heavy atom. The third kappa shape index (κ3) is 2.07. The van der Waals surface area contributed by atoms with Gasteiger partial charge < -0.3 is 5.73 Å². The standard InChI is InChI=1S/C15H11N9O/c1-8-9(6-16)13-19-11-4-2-3-5-12(11)23(13)14(25)10(8)7-18-24-15(17)20-21-22-24/h2-5,7,18H,1H3,(H2,17,20,22). The molecule has 3 N–H and O–H groups in total. The highest BCUT2D eigenvalue weighted by molar-refractivity contribution is 5.82. The van der Waals surface area contributed by atoms with Crippen LogP contribution >= 0.6 is 0 Å². The summed E-state index contributed by atoms with van der Waals surface area (Å²) < 4.78 is 1.43. The fourth-order valence-electron chi connectivity index (χ4n) is 2.70. The minimum absolute atomic E-state index is 0.0380. The van der Waals surface area contributed by atoms with Gasteiger partial charge in [0.2, 0.25) is 0 Å². The molecule has 0 amide bonds. The van der Waals surface area contributed by atoms with Gasteiger partial charge in [0.05, 0.1) is 21.8 Å². The van der Waals surface area contributed by atoms with E-state index in [1.165, 1.54) is 10.6 Å². The molecule has 122 valence electrons. The molecule has 0 aliphatic rings. The number of para-hydroxylation sites is 2. The fourth-order valence-corrected chi connectivity index (χ4v) is 2.70. The largest absolute Gasteiger partial charge is 0.365 e. The number of nitrogen functional groups attached to an aromatic ring is 1. The lowest BCUT2D eigenvalue weighted by atomic mass is 10.1. The van der Waals surface area contributed by atoms with E-state index in [0.29, 0.717) is 33.0 Å². The van der Waals surface area contributed by atoms with Crippen LogP contribution in [0.3, 0.4) is 0 Å². The number of nitrogens with two attached hydrogens (primary N) is 1. The van der Waals surface area contributed by atoms with Crippen LogP contribution in [-0.2, 0) is 0 Å². The summed E-state index contributed by atoms with van der Waals surface area (Å²) in [5.74, 6) is 0.0380. The first-order chi connectivity index (χ1) is 12.1. The van der Waals surface area contributed by atoms with Crippen molar-refractivity contribution in [2.75, 3.05) is 11.2 Å². The first kappa shape index (κ1) is 14.6. The summed E-state index contributed by atoms with van der Waals surface area (Å²) >= 11 is 0. The minimum Gasteiger partial charge on any atom is -0.365 e. The Balaban J connectivity index is 2.08. The quantitative estimate of drug-likeness (QED) is 0.490. The summed E-state index contributed by atoms with van der Waals surface area (Å²) in [5, 5.41) is 20.4. The lowest BCUT2D eigenvalue weighted by Crippen LogP contribution is -2.35. The number of hydrogen-bond acceptors (Lipinski definition) is 8. The average Bonchev–Trinajstić information content (AvgIpc) is 3.18. The third-order valence-corrected chi connectivity index (χ3v) is 3.93. The summed E-state index contributed by atoms with van der Waals surface area (Å²) in [4.78, 5) is 18.5. The number of nitriles is 1. The average molecular weight is 333 g/mol. The molecule has 3 aromatic heterocycles. The number of anilines is 1. The molecule has 1 aromatic carbocycles. The van der Waals surface area contributed by atoms with Gasteiger partial charge in [0.1, 0.15) is 6.07 Å². The van der Waals surface area contributed by atoms with Gasteiger partial charge in [0.15, 0.2) is 5.65 Å². The Bertz CT molecular complexity index is 1280. The molecule has 0 radical (unpaired) electrons. The highest BCUT2D eigenvalue weighted by Crippen LogP contribution is 2.17. The molecular weight excluding hydrogens is 322 g/mol. The van der Waals surface area contributed by atoms with Crippen molar-refractivity contribution in [1.82, 2.24) is 29.7 Å². The normalized spacial score (nSPS) is 11.9. The third-order valence-electron chi connectivity index (χ3n) is 3.93. The monoisotopic (exact) mass is 333 g/mol. The maximum absolute atomic E-state index is 13.0. The van der Waals surface area contributed by atoms with Crippen molar-refractivity contribution in [1.29, 1.82) is 5.26 Å². The van der Waals surface area contributed by atoms with Crippen LogP contribution in [0, 0.1) is 18.3 Å². The van der Waals surface area contributed by atoms with Crippen molar-refractivity contribution in [3.05, 3.63) is 51.0 Å². The zero-order valence-electron chi connectivity index (χ0n) is 13.0. The first-order valence-electron chi connectivity index (χ1n) is 7.26. The van der Waals surface area contributed by atoms with E-state index >= 15 is 0 Å². The van der Waals surface area contributed by atoms with Gasteiger partial charge in [0, 0.05) is 6.20 Å². The van der Waals surface area contributed by atoms with Gasteiger partial charge in [-0.1, -0.05) is 17.2 Å². The molecule has 10 heteroatoms. The van der Waals surface area contributed by atoms with E-state index in [0.717, 1.165) is 4.79 Å². The number of hydrogen-bond donors (Lipinski definition) is 2.